The number of hydrogen-bond donors (Lipinski definition) is 2. The number of carbonyl (C=O) groups is 2. The predicted octanol–water partition coefficient (Wildman–Crippen LogP) is 2.17. The van der Waals surface area contributed by atoms with E-state index < -0.39 is 5.91 Å². The normalized spacial score (nSPS) is 11.8. The van der Waals surface area contributed by atoms with Crippen molar-refractivity contribution in [3.63, 3.8) is 0 Å². The highest BCUT2D eigenvalue weighted by Crippen LogP contribution is 2.17. The summed E-state index contributed by atoms with van der Waals surface area (Å²) in [6.45, 7) is 3.83. The maximum absolute atomic E-state index is 12.4. The summed E-state index contributed by atoms with van der Waals surface area (Å²) in [7, 11) is 0. The summed E-state index contributed by atoms with van der Waals surface area (Å²) in [6, 6.07) is 14.8. The van der Waals surface area contributed by atoms with Gasteiger partial charge in [-0.15, -0.1) is 5.10 Å². The second kappa shape index (κ2) is 7.18. The zero-order chi connectivity index (χ0) is 18.7. The van der Waals surface area contributed by atoms with Crippen LogP contribution < -0.4 is 11.1 Å². The third-order valence-electron chi connectivity index (χ3n) is 4.14. The van der Waals surface area contributed by atoms with Crippen molar-refractivity contribution in [1.82, 2.24) is 20.3 Å². The first-order valence-electron chi connectivity index (χ1n) is 8.14. The highest BCUT2D eigenvalue weighted by molar-refractivity contribution is 5.95. The molecule has 2 aromatic carbocycles. The van der Waals surface area contributed by atoms with Gasteiger partial charge in [-0.2, -0.15) is 0 Å². The Morgan fingerprint density at radius 3 is 2.42 bits per heavy atom. The highest BCUT2D eigenvalue weighted by atomic mass is 16.2. The molecule has 0 unspecified atom stereocenters. The van der Waals surface area contributed by atoms with Gasteiger partial charge < -0.3 is 11.1 Å². The summed E-state index contributed by atoms with van der Waals surface area (Å²) in [6.07, 6.45) is 1.47. The van der Waals surface area contributed by atoms with Crippen molar-refractivity contribution in [2.75, 3.05) is 0 Å². The van der Waals surface area contributed by atoms with Crippen molar-refractivity contribution in [2.24, 2.45) is 5.73 Å². The van der Waals surface area contributed by atoms with Crippen LogP contribution in [-0.2, 0) is 0 Å². The smallest absolute Gasteiger partial charge is 0.270 e. The molecule has 0 aliphatic rings. The van der Waals surface area contributed by atoms with E-state index >= 15 is 0 Å². The summed E-state index contributed by atoms with van der Waals surface area (Å²) >= 11 is 0. The van der Waals surface area contributed by atoms with Gasteiger partial charge in [-0.1, -0.05) is 35.5 Å². The van der Waals surface area contributed by atoms with Crippen LogP contribution in [0.5, 0.6) is 0 Å². The van der Waals surface area contributed by atoms with Crippen LogP contribution in [0.1, 0.15) is 44.9 Å². The van der Waals surface area contributed by atoms with Gasteiger partial charge in [-0.25, -0.2) is 4.68 Å². The van der Waals surface area contributed by atoms with E-state index in [0.29, 0.717) is 5.56 Å². The molecule has 0 aliphatic carbocycles. The Morgan fingerprint density at radius 2 is 1.81 bits per heavy atom. The third kappa shape index (κ3) is 3.61. The number of rotatable bonds is 5. The van der Waals surface area contributed by atoms with Gasteiger partial charge >= 0.3 is 0 Å². The molecule has 7 nitrogen and oxygen atoms in total. The summed E-state index contributed by atoms with van der Waals surface area (Å²) in [5.41, 5.74) is 8.57. The largest absolute Gasteiger partial charge is 0.364 e. The molecule has 3 aromatic rings. The maximum atomic E-state index is 12.4. The lowest BCUT2D eigenvalue weighted by Crippen LogP contribution is -2.27. The molecule has 0 saturated carbocycles. The van der Waals surface area contributed by atoms with Crippen LogP contribution in [0.25, 0.3) is 5.69 Å². The Bertz CT molecular complexity index is 947. The van der Waals surface area contributed by atoms with Gasteiger partial charge in [-0.3, -0.25) is 9.59 Å². The van der Waals surface area contributed by atoms with Crippen LogP contribution in [0.2, 0.25) is 0 Å². The van der Waals surface area contributed by atoms with Crippen molar-refractivity contribution in [2.45, 2.75) is 19.9 Å². The standard InChI is InChI=1S/C19H19N5O2/c1-12-5-3-4-6-16(12)19(26)21-13(2)14-7-9-15(10-8-14)24-11-17(18(20)25)22-23-24/h3-11,13H,1-2H3,(H2,20,25)(H,21,26)/t13-/m1/s1. The Kier molecular flexibility index (Phi) is 4.79. The number of aryl methyl sites for hydroxylation is 1. The molecule has 1 aromatic heterocycles. The third-order valence-corrected chi connectivity index (χ3v) is 4.14. The molecule has 7 heteroatoms. The molecular formula is C19H19N5O2. The van der Waals surface area contributed by atoms with E-state index in [2.05, 4.69) is 15.6 Å². The minimum absolute atomic E-state index is 0.105. The summed E-state index contributed by atoms with van der Waals surface area (Å²) in [5, 5.41) is 10.6. The van der Waals surface area contributed by atoms with Crippen LogP contribution in [0, 0.1) is 6.92 Å². The Morgan fingerprint density at radius 1 is 1.12 bits per heavy atom. The van der Waals surface area contributed by atoms with E-state index in [1.165, 1.54) is 10.9 Å². The lowest BCUT2D eigenvalue weighted by Gasteiger charge is -2.15. The molecule has 0 fully saturated rings. The van der Waals surface area contributed by atoms with Gasteiger partial charge in [-0.05, 0) is 43.2 Å². The van der Waals surface area contributed by atoms with Crippen molar-refractivity contribution >= 4 is 11.8 Å². The van der Waals surface area contributed by atoms with E-state index in [1.54, 1.807) is 0 Å². The fourth-order valence-corrected chi connectivity index (χ4v) is 2.60. The average molecular weight is 349 g/mol. The van der Waals surface area contributed by atoms with Crippen molar-refractivity contribution in [3.05, 3.63) is 77.1 Å². The molecule has 1 heterocycles. The van der Waals surface area contributed by atoms with E-state index in [9.17, 15) is 9.59 Å². The SMILES string of the molecule is Cc1ccccc1C(=O)N[C@H](C)c1ccc(-n2cc(C(N)=O)nn2)cc1. The Labute approximate surface area is 150 Å². The topological polar surface area (TPSA) is 103 Å². The molecule has 1 atom stereocenters. The van der Waals surface area contributed by atoms with Crippen molar-refractivity contribution in [3.8, 4) is 5.69 Å². The molecule has 0 radical (unpaired) electrons. The monoisotopic (exact) mass is 349 g/mol. The zero-order valence-corrected chi connectivity index (χ0v) is 14.5. The Hall–Kier alpha value is -3.48. The van der Waals surface area contributed by atoms with E-state index in [1.807, 2.05) is 62.4 Å². The fourth-order valence-electron chi connectivity index (χ4n) is 2.60. The van der Waals surface area contributed by atoms with Crippen LogP contribution >= 0.6 is 0 Å². The number of nitrogens with two attached hydrogens (primary N) is 1. The first-order valence-corrected chi connectivity index (χ1v) is 8.14. The lowest BCUT2D eigenvalue weighted by atomic mass is 10.1. The molecule has 3 N–H and O–H groups in total. The van der Waals surface area contributed by atoms with Crippen LogP contribution in [0.4, 0.5) is 0 Å². The lowest BCUT2D eigenvalue weighted by molar-refractivity contribution is 0.0938. The minimum atomic E-state index is -0.625. The predicted molar refractivity (Wildman–Crippen MR) is 96.9 cm³/mol. The van der Waals surface area contributed by atoms with Crippen LogP contribution in [0.3, 0.4) is 0 Å². The molecule has 0 spiro atoms. The number of hydrogen-bond acceptors (Lipinski definition) is 4. The zero-order valence-electron chi connectivity index (χ0n) is 14.5. The van der Waals surface area contributed by atoms with Crippen LogP contribution in [-0.4, -0.2) is 26.8 Å². The van der Waals surface area contributed by atoms with Crippen LogP contribution in [0.15, 0.2) is 54.7 Å². The molecule has 132 valence electrons. The number of carbonyl (C=O) groups excluding carboxylic acids is 2. The van der Waals surface area contributed by atoms with E-state index in [-0.39, 0.29) is 17.6 Å². The number of amides is 2. The molecule has 0 aliphatic heterocycles. The second-order valence-electron chi connectivity index (χ2n) is 6.01. The maximum Gasteiger partial charge on any atom is 0.270 e. The van der Waals surface area contributed by atoms with Gasteiger partial charge in [0.25, 0.3) is 11.8 Å². The summed E-state index contributed by atoms with van der Waals surface area (Å²) in [5.74, 6) is -0.734. The first-order chi connectivity index (χ1) is 12.5. The number of nitrogens with one attached hydrogen (secondary N) is 1. The van der Waals surface area contributed by atoms with Gasteiger partial charge in [0.1, 0.15) is 0 Å². The summed E-state index contributed by atoms with van der Waals surface area (Å²) < 4.78 is 1.47. The molecule has 3 rings (SSSR count). The molecule has 0 bridgehead atoms. The minimum Gasteiger partial charge on any atom is -0.364 e. The van der Waals surface area contributed by atoms with Gasteiger partial charge in [0.2, 0.25) is 0 Å². The molecule has 2 amide bonds. The van der Waals surface area contributed by atoms with E-state index in [0.717, 1.165) is 16.8 Å². The quantitative estimate of drug-likeness (QED) is 0.737. The van der Waals surface area contributed by atoms with Gasteiger partial charge in [0, 0.05) is 5.56 Å². The average Bonchev–Trinajstić information content (AvgIpc) is 3.12. The van der Waals surface area contributed by atoms with Gasteiger partial charge in [0.15, 0.2) is 5.69 Å². The molecule has 26 heavy (non-hydrogen) atoms. The van der Waals surface area contributed by atoms with Crippen molar-refractivity contribution in [1.29, 1.82) is 0 Å². The summed E-state index contributed by atoms with van der Waals surface area (Å²) in [4.78, 5) is 23.5. The molecular weight excluding hydrogens is 330 g/mol. The number of benzene rings is 2. The fraction of sp³-hybridized carbons (Fsp3) is 0.158. The number of nitrogens with zero attached hydrogens (tertiary/aromatic N) is 3. The number of primary amides is 1. The number of aromatic nitrogens is 3. The van der Waals surface area contributed by atoms with E-state index in [4.69, 9.17) is 5.73 Å². The second-order valence-corrected chi connectivity index (χ2v) is 6.01. The Balaban J connectivity index is 1.72. The highest BCUT2D eigenvalue weighted by Gasteiger charge is 2.13. The van der Waals surface area contributed by atoms with Gasteiger partial charge in [0.05, 0.1) is 17.9 Å². The van der Waals surface area contributed by atoms with Crippen molar-refractivity contribution < 1.29 is 9.59 Å². The first kappa shape index (κ1) is 17.3. The molecule has 0 saturated heterocycles.